The van der Waals surface area contributed by atoms with Gasteiger partial charge in [0.1, 0.15) is 0 Å². The number of ether oxygens (including phenoxy) is 1. The van der Waals surface area contributed by atoms with Gasteiger partial charge in [0.05, 0.1) is 17.1 Å². The Kier molecular flexibility index (Phi) is 6.50. The number of hydrogen-bond acceptors (Lipinski definition) is 5. The van der Waals surface area contributed by atoms with Gasteiger partial charge in [0.15, 0.2) is 6.10 Å². The molecule has 0 radical (unpaired) electrons. The van der Waals surface area contributed by atoms with Crippen molar-refractivity contribution in [1.29, 1.82) is 0 Å². The fourth-order valence-corrected chi connectivity index (χ4v) is 3.08. The average molecular weight is 370 g/mol. The lowest BCUT2D eigenvalue weighted by molar-refractivity contribution is -0.129. The molecule has 0 saturated carbocycles. The van der Waals surface area contributed by atoms with E-state index in [2.05, 4.69) is 5.32 Å². The van der Waals surface area contributed by atoms with E-state index < -0.39 is 12.1 Å². The topological polar surface area (TPSA) is 55.4 Å². The molecule has 1 atom stereocenters. The molecule has 1 amide bonds. The highest BCUT2D eigenvalue weighted by molar-refractivity contribution is 7.98. The summed E-state index contributed by atoms with van der Waals surface area (Å²) >= 11 is 9.08. The molecule has 0 saturated heterocycles. The van der Waals surface area contributed by atoms with Crippen molar-refractivity contribution in [2.24, 2.45) is 0 Å². The van der Waals surface area contributed by atoms with Crippen LogP contribution in [0.4, 0.5) is 0 Å². The third-order valence-corrected chi connectivity index (χ3v) is 4.99. The predicted molar refractivity (Wildman–Crippen MR) is 94.3 cm³/mol. The minimum Gasteiger partial charge on any atom is -0.449 e. The maximum absolute atomic E-state index is 12.2. The summed E-state index contributed by atoms with van der Waals surface area (Å²) in [7, 11) is 0. The summed E-state index contributed by atoms with van der Waals surface area (Å²) in [5, 5.41) is 4.98. The number of benzene rings is 1. The maximum Gasteiger partial charge on any atom is 0.340 e. The number of rotatable bonds is 6. The Bertz CT molecular complexity index is 689. The zero-order valence-electron chi connectivity index (χ0n) is 12.7. The average Bonchev–Trinajstić information content (AvgIpc) is 3.06. The van der Waals surface area contributed by atoms with E-state index in [9.17, 15) is 9.59 Å². The molecule has 1 unspecified atom stereocenters. The molecule has 1 aromatic heterocycles. The number of halogens is 1. The number of thiophene rings is 1. The third kappa shape index (κ3) is 4.99. The van der Waals surface area contributed by atoms with Gasteiger partial charge in [-0.2, -0.15) is 0 Å². The molecule has 0 fully saturated rings. The molecule has 0 aliphatic rings. The summed E-state index contributed by atoms with van der Waals surface area (Å²) in [6.07, 6.45) is 1.01. The van der Waals surface area contributed by atoms with Crippen molar-refractivity contribution in [2.45, 2.75) is 24.5 Å². The molecule has 0 aliphatic carbocycles. The van der Waals surface area contributed by atoms with Crippen LogP contribution in [-0.2, 0) is 16.1 Å². The molecular formula is C16H16ClNO3S2. The Balaban J connectivity index is 1.94. The van der Waals surface area contributed by atoms with E-state index in [1.165, 1.54) is 18.7 Å². The Hall–Kier alpha value is -1.50. The minimum absolute atomic E-state index is 0.261. The summed E-state index contributed by atoms with van der Waals surface area (Å²) < 4.78 is 5.21. The van der Waals surface area contributed by atoms with Gasteiger partial charge in [-0.25, -0.2) is 4.79 Å². The molecule has 7 heteroatoms. The molecule has 0 spiro atoms. The SMILES string of the molecule is CSc1ccc(Cl)c(C(=O)OC(C)C(=O)NCc2cccs2)c1. The summed E-state index contributed by atoms with van der Waals surface area (Å²) in [6, 6.07) is 8.96. The molecule has 0 bridgehead atoms. The van der Waals surface area contributed by atoms with E-state index in [4.69, 9.17) is 16.3 Å². The second kappa shape index (κ2) is 8.38. The summed E-state index contributed by atoms with van der Waals surface area (Å²) in [5.74, 6) is -0.950. The van der Waals surface area contributed by atoms with Crippen LogP contribution in [0, 0.1) is 0 Å². The van der Waals surface area contributed by atoms with Gasteiger partial charge in [0, 0.05) is 9.77 Å². The normalized spacial score (nSPS) is 11.8. The smallest absolute Gasteiger partial charge is 0.340 e. The van der Waals surface area contributed by atoms with Gasteiger partial charge >= 0.3 is 5.97 Å². The van der Waals surface area contributed by atoms with Crippen LogP contribution in [0.2, 0.25) is 5.02 Å². The summed E-state index contributed by atoms with van der Waals surface area (Å²) in [5.41, 5.74) is 0.261. The molecule has 4 nitrogen and oxygen atoms in total. The van der Waals surface area contributed by atoms with Crippen molar-refractivity contribution in [3.63, 3.8) is 0 Å². The molecule has 23 heavy (non-hydrogen) atoms. The second-order valence-corrected chi connectivity index (χ2v) is 7.01. The number of carbonyl (C=O) groups is 2. The van der Waals surface area contributed by atoms with Crippen LogP contribution in [0.3, 0.4) is 0 Å². The first kappa shape index (κ1) is 17.8. The molecular weight excluding hydrogens is 354 g/mol. The van der Waals surface area contributed by atoms with E-state index >= 15 is 0 Å². The minimum atomic E-state index is -0.892. The molecule has 1 heterocycles. The van der Waals surface area contributed by atoms with Gasteiger partial charge in [0.25, 0.3) is 5.91 Å². The van der Waals surface area contributed by atoms with Crippen LogP contribution in [0.1, 0.15) is 22.2 Å². The third-order valence-electron chi connectivity index (χ3n) is 3.06. The zero-order valence-corrected chi connectivity index (χ0v) is 15.1. The van der Waals surface area contributed by atoms with E-state index in [-0.39, 0.29) is 11.5 Å². The fourth-order valence-electron chi connectivity index (χ4n) is 1.80. The van der Waals surface area contributed by atoms with Gasteiger partial charge in [-0.1, -0.05) is 17.7 Å². The van der Waals surface area contributed by atoms with Crippen LogP contribution in [-0.4, -0.2) is 24.2 Å². The summed E-state index contributed by atoms with van der Waals surface area (Å²) in [6.45, 7) is 1.95. The lowest BCUT2D eigenvalue weighted by Gasteiger charge is -2.14. The largest absolute Gasteiger partial charge is 0.449 e. The van der Waals surface area contributed by atoms with Gasteiger partial charge in [-0.05, 0) is 42.8 Å². The van der Waals surface area contributed by atoms with Gasteiger partial charge in [-0.15, -0.1) is 23.1 Å². The highest BCUT2D eigenvalue weighted by Gasteiger charge is 2.20. The Morgan fingerprint density at radius 2 is 2.17 bits per heavy atom. The molecule has 122 valence electrons. The van der Waals surface area contributed by atoms with Gasteiger partial charge in [0.2, 0.25) is 0 Å². The van der Waals surface area contributed by atoms with Crippen LogP contribution in [0.25, 0.3) is 0 Å². The number of carbonyl (C=O) groups excluding carboxylic acids is 2. The summed E-state index contributed by atoms with van der Waals surface area (Å²) in [4.78, 5) is 26.1. The van der Waals surface area contributed by atoms with Crippen molar-refractivity contribution >= 4 is 46.6 Å². The van der Waals surface area contributed by atoms with Gasteiger partial charge in [-0.3, -0.25) is 4.79 Å². The lowest BCUT2D eigenvalue weighted by Crippen LogP contribution is -2.35. The van der Waals surface area contributed by atoms with Crippen molar-refractivity contribution in [3.05, 3.63) is 51.2 Å². The van der Waals surface area contributed by atoms with Crippen molar-refractivity contribution in [1.82, 2.24) is 5.32 Å². The number of nitrogens with one attached hydrogen (secondary N) is 1. The number of amides is 1. The first-order chi connectivity index (χ1) is 11.0. The van der Waals surface area contributed by atoms with Crippen LogP contribution in [0.5, 0.6) is 0 Å². The maximum atomic E-state index is 12.2. The van der Waals surface area contributed by atoms with E-state index in [0.29, 0.717) is 11.6 Å². The zero-order chi connectivity index (χ0) is 16.8. The van der Waals surface area contributed by atoms with Crippen molar-refractivity contribution in [3.8, 4) is 0 Å². The Morgan fingerprint density at radius 1 is 1.39 bits per heavy atom. The molecule has 1 aromatic carbocycles. The predicted octanol–water partition coefficient (Wildman–Crippen LogP) is 3.99. The Labute approximate surface area is 148 Å². The molecule has 2 rings (SSSR count). The standard InChI is InChI=1S/C16H16ClNO3S2/c1-10(15(19)18-9-12-4-3-7-23-12)21-16(20)13-8-11(22-2)5-6-14(13)17/h3-8,10H,9H2,1-2H3,(H,18,19). The monoisotopic (exact) mass is 369 g/mol. The quantitative estimate of drug-likeness (QED) is 0.618. The number of esters is 1. The molecule has 1 N–H and O–H groups in total. The van der Waals surface area contributed by atoms with Crippen molar-refractivity contribution < 1.29 is 14.3 Å². The van der Waals surface area contributed by atoms with Crippen molar-refractivity contribution in [2.75, 3.05) is 6.26 Å². The number of hydrogen-bond donors (Lipinski definition) is 1. The molecule has 0 aliphatic heterocycles. The fraction of sp³-hybridized carbons (Fsp3) is 0.250. The van der Waals surface area contributed by atoms with E-state index in [1.54, 1.807) is 23.5 Å². The van der Waals surface area contributed by atoms with Crippen LogP contribution >= 0.6 is 34.7 Å². The van der Waals surface area contributed by atoms with Crippen LogP contribution in [0.15, 0.2) is 40.6 Å². The van der Waals surface area contributed by atoms with E-state index in [0.717, 1.165) is 9.77 Å². The second-order valence-electron chi connectivity index (χ2n) is 4.69. The lowest BCUT2D eigenvalue weighted by atomic mass is 10.2. The molecule has 2 aromatic rings. The Morgan fingerprint density at radius 3 is 2.83 bits per heavy atom. The number of thioether (sulfide) groups is 1. The first-order valence-electron chi connectivity index (χ1n) is 6.86. The highest BCUT2D eigenvalue weighted by Crippen LogP contribution is 2.24. The van der Waals surface area contributed by atoms with Crippen LogP contribution < -0.4 is 5.32 Å². The first-order valence-corrected chi connectivity index (χ1v) is 9.34. The van der Waals surface area contributed by atoms with E-state index in [1.807, 2.05) is 29.8 Å². The highest BCUT2D eigenvalue weighted by atomic mass is 35.5. The van der Waals surface area contributed by atoms with Gasteiger partial charge < -0.3 is 10.1 Å².